The first-order chi connectivity index (χ1) is 6.77. The fraction of sp³-hybridized carbons (Fsp3) is 0.455. The highest BCUT2D eigenvalue weighted by molar-refractivity contribution is 5.24. The van der Waals surface area contributed by atoms with E-state index in [1.807, 2.05) is 6.07 Å². The van der Waals surface area contributed by atoms with E-state index in [0.717, 1.165) is 25.1 Å². The molecule has 0 fully saturated rings. The molecule has 0 amide bonds. The summed E-state index contributed by atoms with van der Waals surface area (Å²) in [6.07, 6.45) is 1.09. The number of hydrogen-bond donors (Lipinski definition) is 2. The molecule has 3 N–H and O–H groups in total. The standard InChI is InChI=1S/C11H17FN2/c1-2-5-14-8-9-3-4-10(7-13)11(12)6-9/h3-4,6,14H,2,5,7-8,13H2,1H3. The molecule has 3 heteroatoms. The van der Waals surface area contributed by atoms with Gasteiger partial charge in [0.1, 0.15) is 5.82 Å². The zero-order valence-corrected chi connectivity index (χ0v) is 8.52. The van der Waals surface area contributed by atoms with Crippen molar-refractivity contribution in [3.63, 3.8) is 0 Å². The van der Waals surface area contributed by atoms with Crippen molar-refractivity contribution in [2.24, 2.45) is 5.73 Å². The number of halogens is 1. The predicted octanol–water partition coefficient (Wildman–Crippen LogP) is 1.78. The van der Waals surface area contributed by atoms with Crippen LogP contribution < -0.4 is 11.1 Å². The molecule has 0 saturated carbocycles. The molecule has 1 rings (SSSR count). The monoisotopic (exact) mass is 196 g/mol. The Morgan fingerprint density at radius 2 is 2.21 bits per heavy atom. The van der Waals surface area contributed by atoms with Crippen molar-refractivity contribution in [2.45, 2.75) is 26.4 Å². The molecule has 78 valence electrons. The molecule has 1 aromatic rings. The molecule has 2 nitrogen and oxygen atoms in total. The number of benzene rings is 1. The Morgan fingerprint density at radius 1 is 1.43 bits per heavy atom. The number of hydrogen-bond acceptors (Lipinski definition) is 2. The van der Waals surface area contributed by atoms with Gasteiger partial charge in [0.25, 0.3) is 0 Å². The Labute approximate surface area is 84.3 Å². The van der Waals surface area contributed by atoms with Crippen molar-refractivity contribution >= 4 is 0 Å². The minimum absolute atomic E-state index is 0.205. The minimum atomic E-state index is -0.205. The van der Waals surface area contributed by atoms with Crippen LogP contribution in [0.2, 0.25) is 0 Å². The summed E-state index contributed by atoms with van der Waals surface area (Å²) >= 11 is 0. The first-order valence-electron chi connectivity index (χ1n) is 4.96. The normalized spacial score (nSPS) is 10.5. The molecule has 14 heavy (non-hydrogen) atoms. The van der Waals surface area contributed by atoms with Gasteiger partial charge in [-0.2, -0.15) is 0 Å². The van der Waals surface area contributed by atoms with Crippen LogP contribution in [0.5, 0.6) is 0 Å². The Bertz CT molecular complexity index is 287. The van der Waals surface area contributed by atoms with E-state index in [4.69, 9.17) is 5.73 Å². The van der Waals surface area contributed by atoms with Gasteiger partial charge in [0.05, 0.1) is 0 Å². The molecule has 0 aliphatic heterocycles. The third-order valence-electron chi connectivity index (χ3n) is 2.09. The zero-order chi connectivity index (χ0) is 10.4. The van der Waals surface area contributed by atoms with Crippen LogP contribution in [0.25, 0.3) is 0 Å². The molecule has 0 heterocycles. The van der Waals surface area contributed by atoms with Gasteiger partial charge < -0.3 is 11.1 Å². The maximum Gasteiger partial charge on any atom is 0.128 e. The predicted molar refractivity (Wildman–Crippen MR) is 56.3 cm³/mol. The van der Waals surface area contributed by atoms with Crippen LogP contribution >= 0.6 is 0 Å². The van der Waals surface area contributed by atoms with Gasteiger partial charge in [-0.1, -0.05) is 19.1 Å². The second kappa shape index (κ2) is 5.73. The van der Waals surface area contributed by atoms with Gasteiger partial charge in [-0.3, -0.25) is 0 Å². The largest absolute Gasteiger partial charge is 0.326 e. The molecule has 0 unspecified atom stereocenters. The molecule has 0 aliphatic rings. The second-order valence-electron chi connectivity index (χ2n) is 3.31. The van der Waals surface area contributed by atoms with E-state index in [1.165, 1.54) is 0 Å². The average molecular weight is 196 g/mol. The van der Waals surface area contributed by atoms with Crippen LogP contribution in [0.1, 0.15) is 24.5 Å². The van der Waals surface area contributed by atoms with Crippen LogP contribution in [0.4, 0.5) is 4.39 Å². The van der Waals surface area contributed by atoms with Crippen molar-refractivity contribution in [1.29, 1.82) is 0 Å². The molecule has 0 saturated heterocycles. The van der Waals surface area contributed by atoms with Crippen molar-refractivity contribution in [3.05, 3.63) is 35.1 Å². The highest BCUT2D eigenvalue weighted by Gasteiger charge is 2.00. The minimum Gasteiger partial charge on any atom is -0.326 e. The molecule has 1 aromatic carbocycles. The summed E-state index contributed by atoms with van der Waals surface area (Å²) in [6, 6.07) is 5.21. The molecule has 0 spiro atoms. The van der Waals surface area contributed by atoms with E-state index in [0.29, 0.717) is 5.56 Å². The fourth-order valence-electron chi connectivity index (χ4n) is 1.28. The third-order valence-corrected chi connectivity index (χ3v) is 2.09. The lowest BCUT2D eigenvalue weighted by Crippen LogP contribution is -2.14. The topological polar surface area (TPSA) is 38.0 Å². The molecule has 0 aliphatic carbocycles. The quantitative estimate of drug-likeness (QED) is 0.704. The zero-order valence-electron chi connectivity index (χ0n) is 8.52. The summed E-state index contributed by atoms with van der Waals surface area (Å²) in [6.45, 7) is 4.04. The number of nitrogens with two attached hydrogens (primary N) is 1. The number of nitrogens with one attached hydrogen (secondary N) is 1. The molecule has 0 radical (unpaired) electrons. The third kappa shape index (κ3) is 3.09. The van der Waals surface area contributed by atoms with Crippen LogP contribution in [0, 0.1) is 5.82 Å². The highest BCUT2D eigenvalue weighted by atomic mass is 19.1. The smallest absolute Gasteiger partial charge is 0.128 e. The first-order valence-corrected chi connectivity index (χ1v) is 4.96. The van der Waals surface area contributed by atoms with E-state index < -0.39 is 0 Å². The summed E-state index contributed by atoms with van der Waals surface area (Å²) in [5.74, 6) is -0.205. The maximum atomic E-state index is 13.3. The van der Waals surface area contributed by atoms with Crippen molar-refractivity contribution in [3.8, 4) is 0 Å². The molecular formula is C11H17FN2. The van der Waals surface area contributed by atoms with Gasteiger partial charge in [0.2, 0.25) is 0 Å². The maximum absolute atomic E-state index is 13.3. The van der Waals surface area contributed by atoms with Gasteiger partial charge in [0, 0.05) is 18.7 Å². The number of rotatable bonds is 5. The Balaban J connectivity index is 2.57. The van der Waals surface area contributed by atoms with Crippen molar-refractivity contribution in [1.82, 2.24) is 5.32 Å². The SMILES string of the molecule is CCCNCc1ccc(CN)c(F)c1. The van der Waals surface area contributed by atoms with Crippen molar-refractivity contribution in [2.75, 3.05) is 6.54 Å². The fourth-order valence-corrected chi connectivity index (χ4v) is 1.28. The summed E-state index contributed by atoms with van der Waals surface area (Å²) in [5.41, 5.74) is 6.91. The van der Waals surface area contributed by atoms with Crippen LogP contribution in [-0.2, 0) is 13.1 Å². The van der Waals surface area contributed by atoms with E-state index in [1.54, 1.807) is 12.1 Å². The van der Waals surface area contributed by atoms with Crippen LogP contribution in [0.15, 0.2) is 18.2 Å². The van der Waals surface area contributed by atoms with Crippen molar-refractivity contribution < 1.29 is 4.39 Å². The summed E-state index contributed by atoms with van der Waals surface area (Å²) in [5, 5.41) is 3.22. The van der Waals surface area contributed by atoms with E-state index >= 15 is 0 Å². The summed E-state index contributed by atoms with van der Waals surface area (Å²) < 4.78 is 13.3. The molecule has 0 aromatic heterocycles. The Morgan fingerprint density at radius 3 is 2.79 bits per heavy atom. The lowest BCUT2D eigenvalue weighted by atomic mass is 10.1. The molecular weight excluding hydrogens is 179 g/mol. The molecule has 0 bridgehead atoms. The lowest BCUT2D eigenvalue weighted by Gasteiger charge is -2.05. The lowest BCUT2D eigenvalue weighted by molar-refractivity contribution is 0.603. The van der Waals surface area contributed by atoms with Gasteiger partial charge in [0.15, 0.2) is 0 Å². The Hall–Kier alpha value is -0.930. The van der Waals surface area contributed by atoms with Gasteiger partial charge >= 0.3 is 0 Å². The van der Waals surface area contributed by atoms with Gasteiger partial charge in [-0.15, -0.1) is 0 Å². The second-order valence-corrected chi connectivity index (χ2v) is 3.31. The van der Waals surface area contributed by atoms with Crippen LogP contribution in [0.3, 0.4) is 0 Å². The van der Waals surface area contributed by atoms with Gasteiger partial charge in [-0.25, -0.2) is 4.39 Å². The summed E-state index contributed by atoms with van der Waals surface area (Å²) in [7, 11) is 0. The van der Waals surface area contributed by atoms with E-state index in [2.05, 4.69) is 12.2 Å². The highest BCUT2D eigenvalue weighted by Crippen LogP contribution is 2.09. The average Bonchev–Trinajstić information content (AvgIpc) is 2.18. The summed E-state index contributed by atoms with van der Waals surface area (Å²) in [4.78, 5) is 0. The molecule has 0 atom stereocenters. The Kier molecular flexibility index (Phi) is 4.56. The first kappa shape index (κ1) is 11.1. The van der Waals surface area contributed by atoms with Crippen LogP contribution in [-0.4, -0.2) is 6.54 Å². The van der Waals surface area contributed by atoms with E-state index in [9.17, 15) is 4.39 Å². The van der Waals surface area contributed by atoms with E-state index in [-0.39, 0.29) is 12.4 Å². The van der Waals surface area contributed by atoms with Gasteiger partial charge in [-0.05, 0) is 24.6 Å².